The Bertz CT molecular complexity index is 319. The standard InChI is InChI=1S/C12H20N2OS/c1-9-7-12(2,3)13-11(16)14(9)8-10-5-4-6-15-10/h7,10H,4-6,8H2,1-3H3,(H,13,16). The minimum Gasteiger partial charge on any atom is -0.376 e. The van der Waals surface area contributed by atoms with Gasteiger partial charge in [0, 0.05) is 12.3 Å². The van der Waals surface area contributed by atoms with Crippen LogP contribution >= 0.6 is 12.2 Å². The highest BCUT2D eigenvalue weighted by Crippen LogP contribution is 2.21. The maximum atomic E-state index is 5.65. The number of thiocarbonyl (C=S) groups is 1. The van der Waals surface area contributed by atoms with Gasteiger partial charge in [0.1, 0.15) is 0 Å². The zero-order chi connectivity index (χ0) is 11.8. The van der Waals surface area contributed by atoms with Crippen LogP contribution in [0.4, 0.5) is 0 Å². The predicted molar refractivity (Wildman–Crippen MR) is 69.2 cm³/mol. The largest absolute Gasteiger partial charge is 0.376 e. The number of nitrogens with one attached hydrogen (secondary N) is 1. The number of hydrogen-bond acceptors (Lipinski definition) is 2. The third kappa shape index (κ3) is 2.55. The lowest BCUT2D eigenvalue weighted by molar-refractivity contribution is 0.0956. The summed E-state index contributed by atoms with van der Waals surface area (Å²) < 4.78 is 5.65. The van der Waals surface area contributed by atoms with E-state index in [1.165, 1.54) is 12.1 Å². The Morgan fingerprint density at radius 3 is 2.94 bits per heavy atom. The Kier molecular flexibility index (Phi) is 3.22. The zero-order valence-electron chi connectivity index (χ0n) is 10.2. The van der Waals surface area contributed by atoms with E-state index in [0.717, 1.165) is 24.7 Å². The Labute approximate surface area is 103 Å². The van der Waals surface area contributed by atoms with Crippen molar-refractivity contribution in [1.82, 2.24) is 10.2 Å². The minimum absolute atomic E-state index is 0.0335. The fraction of sp³-hybridized carbons (Fsp3) is 0.750. The highest BCUT2D eigenvalue weighted by atomic mass is 32.1. The summed E-state index contributed by atoms with van der Waals surface area (Å²) in [6, 6.07) is 0. The molecule has 1 saturated heterocycles. The SMILES string of the molecule is CC1=CC(C)(C)NC(=S)N1CC1CCCO1. The van der Waals surface area contributed by atoms with E-state index in [1.807, 2.05) is 0 Å². The molecule has 0 aromatic carbocycles. The van der Waals surface area contributed by atoms with Crippen LogP contribution in [0.15, 0.2) is 11.8 Å². The first-order valence-electron chi connectivity index (χ1n) is 5.89. The van der Waals surface area contributed by atoms with Crippen LogP contribution in [0.5, 0.6) is 0 Å². The smallest absolute Gasteiger partial charge is 0.173 e. The molecular formula is C12H20N2OS. The first-order valence-corrected chi connectivity index (χ1v) is 6.29. The third-order valence-electron chi connectivity index (χ3n) is 3.08. The van der Waals surface area contributed by atoms with Crippen molar-refractivity contribution < 1.29 is 4.74 Å². The summed E-state index contributed by atoms with van der Waals surface area (Å²) in [4.78, 5) is 2.15. The first kappa shape index (κ1) is 11.9. The molecule has 1 unspecified atom stereocenters. The van der Waals surface area contributed by atoms with Crippen LogP contribution in [0.1, 0.15) is 33.6 Å². The van der Waals surface area contributed by atoms with E-state index in [0.29, 0.717) is 6.10 Å². The van der Waals surface area contributed by atoms with E-state index in [4.69, 9.17) is 17.0 Å². The molecule has 0 saturated carbocycles. The second-order valence-corrected chi connectivity index (χ2v) is 5.57. The van der Waals surface area contributed by atoms with E-state index in [1.54, 1.807) is 0 Å². The van der Waals surface area contributed by atoms with Crippen molar-refractivity contribution in [3.05, 3.63) is 11.8 Å². The lowest BCUT2D eigenvalue weighted by Crippen LogP contribution is -2.54. The normalized spacial score (nSPS) is 28.9. The molecule has 0 aromatic rings. The molecule has 0 radical (unpaired) electrons. The summed E-state index contributed by atoms with van der Waals surface area (Å²) in [6.45, 7) is 8.15. The molecule has 0 bridgehead atoms. The molecule has 3 nitrogen and oxygen atoms in total. The Hall–Kier alpha value is -0.610. The van der Waals surface area contributed by atoms with Crippen LogP contribution in [0.25, 0.3) is 0 Å². The summed E-state index contributed by atoms with van der Waals surface area (Å²) in [6.07, 6.45) is 4.88. The van der Waals surface area contributed by atoms with E-state index in [9.17, 15) is 0 Å². The molecule has 1 N–H and O–H groups in total. The zero-order valence-corrected chi connectivity index (χ0v) is 11.1. The second-order valence-electron chi connectivity index (χ2n) is 5.18. The van der Waals surface area contributed by atoms with Crippen LogP contribution in [-0.4, -0.2) is 34.8 Å². The van der Waals surface area contributed by atoms with Gasteiger partial charge in [0.25, 0.3) is 0 Å². The molecule has 2 rings (SSSR count). The highest BCUT2D eigenvalue weighted by Gasteiger charge is 2.29. The van der Waals surface area contributed by atoms with Gasteiger partial charge in [-0.15, -0.1) is 0 Å². The summed E-state index contributed by atoms with van der Waals surface area (Å²) in [5, 5.41) is 4.16. The Morgan fingerprint density at radius 2 is 2.38 bits per heavy atom. The lowest BCUT2D eigenvalue weighted by atomic mass is 10.0. The Morgan fingerprint density at radius 1 is 1.62 bits per heavy atom. The second kappa shape index (κ2) is 4.34. The van der Waals surface area contributed by atoms with Crippen LogP contribution in [0.2, 0.25) is 0 Å². The molecule has 0 aromatic heterocycles. The maximum Gasteiger partial charge on any atom is 0.173 e. The predicted octanol–water partition coefficient (Wildman–Crippen LogP) is 2.04. The average molecular weight is 240 g/mol. The lowest BCUT2D eigenvalue weighted by Gasteiger charge is -2.39. The summed E-state index contributed by atoms with van der Waals surface area (Å²) in [5.41, 5.74) is 1.19. The van der Waals surface area contributed by atoms with Crippen LogP contribution in [0.3, 0.4) is 0 Å². The molecule has 1 fully saturated rings. The van der Waals surface area contributed by atoms with Gasteiger partial charge < -0.3 is 15.0 Å². The van der Waals surface area contributed by atoms with Crippen LogP contribution in [-0.2, 0) is 4.74 Å². The van der Waals surface area contributed by atoms with Gasteiger partial charge >= 0.3 is 0 Å². The molecule has 0 amide bonds. The summed E-state index contributed by atoms with van der Waals surface area (Å²) in [5.74, 6) is 0. The van der Waals surface area contributed by atoms with Gasteiger partial charge in [-0.2, -0.15) is 0 Å². The monoisotopic (exact) mass is 240 g/mol. The number of ether oxygens (including phenoxy) is 1. The van der Waals surface area contributed by atoms with Crippen LogP contribution < -0.4 is 5.32 Å². The molecule has 0 spiro atoms. The molecule has 1 atom stereocenters. The van der Waals surface area contributed by atoms with Crippen LogP contribution in [0, 0.1) is 0 Å². The molecule has 0 aliphatic carbocycles. The van der Waals surface area contributed by atoms with Crippen molar-refractivity contribution in [1.29, 1.82) is 0 Å². The molecular weight excluding hydrogens is 220 g/mol. The van der Waals surface area contributed by atoms with Gasteiger partial charge in [0.15, 0.2) is 5.11 Å². The molecule has 90 valence electrons. The van der Waals surface area contributed by atoms with Crippen molar-refractivity contribution in [2.45, 2.75) is 45.3 Å². The van der Waals surface area contributed by atoms with Gasteiger partial charge in [-0.05, 0) is 51.9 Å². The number of rotatable bonds is 2. The molecule has 16 heavy (non-hydrogen) atoms. The number of allylic oxidation sites excluding steroid dienone is 1. The fourth-order valence-electron chi connectivity index (χ4n) is 2.36. The van der Waals surface area contributed by atoms with Gasteiger partial charge in [-0.1, -0.05) is 0 Å². The number of hydrogen-bond donors (Lipinski definition) is 1. The van der Waals surface area contributed by atoms with Gasteiger partial charge in [-0.25, -0.2) is 0 Å². The average Bonchev–Trinajstić information content (AvgIpc) is 2.62. The van der Waals surface area contributed by atoms with E-state index < -0.39 is 0 Å². The number of nitrogens with zero attached hydrogens (tertiary/aromatic N) is 1. The van der Waals surface area contributed by atoms with Gasteiger partial charge in [0.2, 0.25) is 0 Å². The molecule has 2 aliphatic rings. The van der Waals surface area contributed by atoms with E-state index in [-0.39, 0.29) is 5.54 Å². The highest BCUT2D eigenvalue weighted by molar-refractivity contribution is 7.80. The van der Waals surface area contributed by atoms with Crippen molar-refractivity contribution in [3.8, 4) is 0 Å². The molecule has 4 heteroatoms. The quantitative estimate of drug-likeness (QED) is 0.747. The third-order valence-corrected chi connectivity index (χ3v) is 3.40. The minimum atomic E-state index is -0.0335. The van der Waals surface area contributed by atoms with Gasteiger partial charge in [0.05, 0.1) is 18.2 Å². The van der Waals surface area contributed by atoms with E-state index in [2.05, 4.69) is 37.1 Å². The summed E-state index contributed by atoms with van der Waals surface area (Å²) >= 11 is 5.41. The fourth-order valence-corrected chi connectivity index (χ4v) is 2.84. The molecule has 2 heterocycles. The summed E-state index contributed by atoms with van der Waals surface area (Å²) in [7, 11) is 0. The maximum absolute atomic E-state index is 5.65. The van der Waals surface area contributed by atoms with Crippen molar-refractivity contribution in [2.24, 2.45) is 0 Å². The van der Waals surface area contributed by atoms with Crippen molar-refractivity contribution in [2.75, 3.05) is 13.2 Å². The Balaban J connectivity index is 2.06. The van der Waals surface area contributed by atoms with Crippen molar-refractivity contribution in [3.63, 3.8) is 0 Å². The van der Waals surface area contributed by atoms with E-state index >= 15 is 0 Å². The first-order chi connectivity index (χ1) is 7.48. The molecule has 2 aliphatic heterocycles. The topological polar surface area (TPSA) is 24.5 Å². The van der Waals surface area contributed by atoms with Gasteiger partial charge in [-0.3, -0.25) is 0 Å². The van der Waals surface area contributed by atoms with Crippen molar-refractivity contribution >= 4 is 17.3 Å².